The Labute approximate surface area is 126 Å². The molecule has 1 saturated heterocycles. The van der Waals surface area contributed by atoms with Gasteiger partial charge in [-0.15, -0.1) is 0 Å². The van der Waals surface area contributed by atoms with Gasteiger partial charge in [-0.3, -0.25) is 9.59 Å². The summed E-state index contributed by atoms with van der Waals surface area (Å²) in [6.45, 7) is 2.26. The molecule has 2 unspecified atom stereocenters. The molecule has 0 spiro atoms. The van der Waals surface area contributed by atoms with E-state index in [4.69, 9.17) is 28.3 Å². The minimum atomic E-state index is -0.807. The molecule has 0 saturated carbocycles. The highest BCUT2D eigenvalue weighted by Crippen LogP contribution is 2.25. The molecule has 1 amide bonds. The largest absolute Gasteiger partial charge is 0.481 e. The number of carbonyl (C=O) groups is 2. The Kier molecular flexibility index (Phi) is 4.50. The second kappa shape index (κ2) is 5.97. The average molecular weight is 317 g/mol. The smallest absolute Gasteiger partial charge is 0.306 e. The summed E-state index contributed by atoms with van der Waals surface area (Å²) in [5.74, 6) is -1.40. The standard InChI is InChI=1S/C13H14Cl2N2O3/c1-7-4-8(13(19)20)2-3-17(7)12(18)9-5-10(14)16-11(15)6-9/h5-8H,2-4H2,1H3,(H,19,20). The molecule has 1 aliphatic rings. The first kappa shape index (κ1) is 15.1. The van der Waals surface area contributed by atoms with E-state index in [2.05, 4.69) is 4.98 Å². The third kappa shape index (κ3) is 3.22. The lowest BCUT2D eigenvalue weighted by Crippen LogP contribution is -2.46. The number of halogens is 2. The van der Waals surface area contributed by atoms with E-state index in [1.807, 2.05) is 6.92 Å². The van der Waals surface area contributed by atoms with Gasteiger partial charge < -0.3 is 10.0 Å². The van der Waals surface area contributed by atoms with Crippen LogP contribution in [-0.2, 0) is 4.79 Å². The molecular formula is C13H14Cl2N2O3. The molecule has 1 aliphatic heterocycles. The Balaban J connectivity index is 2.15. The highest BCUT2D eigenvalue weighted by molar-refractivity contribution is 6.33. The first-order chi connectivity index (χ1) is 9.38. The predicted octanol–water partition coefficient (Wildman–Crippen LogP) is 2.71. The molecule has 0 radical (unpaired) electrons. The summed E-state index contributed by atoms with van der Waals surface area (Å²) >= 11 is 11.6. The number of nitrogens with zero attached hydrogens (tertiary/aromatic N) is 2. The third-order valence-electron chi connectivity index (χ3n) is 3.50. The van der Waals surface area contributed by atoms with Crippen molar-refractivity contribution in [1.29, 1.82) is 0 Å². The average Bonchev–Trinajstić information content (AvgIpc) is 2.36. The van der Waals surface area contributed by atoms with Crippen molar-refractivity contribution >= 4 is 35.1 Å². The molecule has 0 aromatic carbocycles. The molecule has 1 aromatic rings. The van der Waals surface area contributed by atoms with Crippen molar-refractivity contribution in [2.45, 2.75) is 25.8 Å². The summed E-state index contributed by atoms with van der Waals surface area (Å²) in [6, 6.07) is 2.79. The van der Waals surface area contributed by atoms with Gasteiger partial charge in [-0.1, -0.05) is 23.2 Å². The fraction of sp³-hybridized carbons (Fsp3) is 0.462. The topological polar surface area (TPSA) is 70.5 Å². The van der Waals surface area contributed by atoms with Crippen molar-refractivity contribution in [2.24, 2.45) is 5.92 Å². The maximum absolute atomic E-state index is 12.4. The minimum absolute atomic E-state index is 0.136. The van der Waals surface area contributed by atoms with Crippen LogP contribution < -0.4 is 0 Å². The van der Waals surface area contributed by atoms with Crippen LogP contribution in [0.2, 0.25) is 10.3 Å². The monoisotopic (exact) mass is 316 g/mol. The van der Waals surface area contributed by atoms with Crippen molar-refractivity contribution in [2.75, 3.05) is 6.54 Å². The highest BCUT2D eigenvalue weighted by Gasteiger charge is 2.32. The molecule has 1 fully saturated rings. The molecule has 0 bridgehead atoms. The van der Waals surface area contributed by atoms with E-state index in [0.29, 0.717) is 24.9 Å². The van der Waals surface area contributed by atoms with E-state index in [9.17, 15) is 9.59 Å². The van der Waals surface area contributed by atoms with E-state index >= 15 is 0 Å². The molecule has 0 aliphatic carbocycles. The van der Waals surface area contributed by atoms with Gasteiger partial charge in [0.25, 0.3) is 5.91 Å². The Morgan fingerprint density at radius 1 is 1.35 bits per heavy atom. The Morgan fingerprint density at radius 2 is 1.95 bits per heavy atom. The lowest BCUT2D eigenvalue weighted by Gasteiger charge is -2.36. The quantitative estimate of drug-likeness (QED) is 0.852. The lowest BCUT2D eigenvalue weighted by molar-refractivity contribution is -0.143. The molecule has 5 nitrogen and oxygen atoms in total. The summed E-state index contributed by atoms with van der Waals surface area (Å²) in [7, 11) is 0. The van der Waals surface area contributed by atoms with E-state index in [1.165, 1.54) is 12.1 Å². The molecular weight excluding hydrogens is 303 g/mol. The van der Waals surface area contributed by atoms with Gasteiger partial charge in [0.2, 0.25) is 0 Å². The van der Waals surface area contributed by atoms with Crippen molar-refractivity contribution in [3.8, 4) is 0 Å². The number of pyridine rings is 1. The van der Waals surface area contributed by atoms with E-state index in [0.717, 1.165) is 0 Å². The zero-order valence-electron chi connectivity index (χ0n) is 10.8. The van der Waals surface area contributed by atoms with Gasteiger partial charge in [0.15, 0.2) is 0 Å². The van der Waals surface area contributed by atoms with Gasteiger partial charge >= 0.3 is 5.97 Å². The summed E-state index contributed by atoms with van der Waals surface area (Å²) in [5, 5.41) is 9.35. The van der Waals surface area contributed by atoms with Crippen molar-refractivity contribution < 1.29 is 14.7 Å². The Bertz CT molecular complexity index is 530. The Morgan fingerprint density at radius 3 is 2.45 bits per heavy atom. The van der Waals surface area contributed by atoms with Crippen LogP contribution in [0.4, 0.5) is 0 Å². The maximum Gasteiger partial charge on any atom is 0.306 e. The zero-order chi connectivity index (χ0) is 14.9. The maximum atomic E-state index is 12.4. The summed E-state index contributed by atoms with van der Waals surface area (Å²) in [4.78, 5) is 28.9. The summed E-state index contributed by atoms with van der Waals surface area (Å²) in [6.07, 6.45) is 0.908. The predicted molar refractivity (Wildman–Crippen MR) is 75.1 cm³/mol. The van der Waals surface area contributed by atoms with E-state index in [-0.39, 0.29) is 22.3 Å². The number of piperidine rings is 1. The van der Waals surface area contributed by atoms with E-state index < -0.39 is 11.9 Å². The third-order valence-corrected chi connectivity index (χ3v) is 3.88. The van der Waals surface area contributed by atoms with Gasteiger partial charge in [-0.05, 0) is 31.9 Å². The molecule has 7 heteroatoms. The number of carbonyl (C=O) groups excluding carboxylic acids is 1. The number of rotatable bonds is 2. The lowest BCUT2D eigenvalue weighted by atomic mass is 9.91. The normalized spacial score (nSPS) is 22.6. The number of carboxylic acids is 1. The molecule has 2 rings (SSSR count). The van der Waals surface area contributed by atoms with Gasteiger partial charge in [0.05, 0.1) is 5.92 Å². The molecule has 1 N–H and O–H groups in total. The van der Waals surface area contributed by atoms with Crippen LogP contribution in [0.15, 0.2) is 12.1 Å². The second-order valence-corrected chi connectivity index (χ2v) is 5.68. The molecule has 2 atom stereocenters. The van der Waals surface area contributed by atoms with Crippen LogP contribution in [0.3, 0.4) is 0 Å². The fourth-order valence-corrected chi connectivity index (χ4v) is 2.91. The zero-order valence-corrected chi connectivity index (χ0v) is 12.4. The van der Waals surface area contributed by atoms with Gasteiger partial charge in [-0.25, -0.2) is 4.98 Å². The molecule has 1 aromatic heterocycles. The van der Waals surface area contributed by atoms with Crippen LogP contribution in [0.1, 0.15) is 30.1 Å². The molecule has 20 heavy (non-hydrogen) atoms. The van der Waals surface area contributed by atoms with Gasteiger partial charge in [0.1, 0.15) is 10.3 Å². The number of aromatic nitrogens is 1. The SMILES string of the molecule is CC1CC(C(=O)O)CCN1C(=O)c1cc(Cl)nc(Cl)c1. The van der Waals surface area contributed by atoms with Crippen LogP contribution in [0.25, 0.3) is 0 Å². The number of hydrogen-bond donors (Lipinski definition) is 1. The first-order valence-electron chi connectivity index (χ1n) is 6.25. The fourth-order valence-electron chi connectivity index (χ4n) is 2.45. The number of amides is 1. The van der Waals surface area contributed by atoms with Gasteiger partial charge in [0, 0.05) is 18.2 Å². The van der Waals surface area contributed by atoms with E-state index in [1.54, 1.807) is 4.90 Å². The minimum Gasteiger partial charge on any atom is -0.481 e. The van der Waals surface area contributed by atoms with Gasteiger partial charge in [-0.2, -0.15) is 0 Å². The van der Waals surface area contributed by atoms with Crippen LogP contribution in [0.5, 0.6) is 0 Å². The van der Waals surface area contributed by atoms with Crippen molar-refractivity contribution in [3.63, 3.8) is 0 Å². The first-order valence-corrected chi connectivity index (χ1v) is 7.01. The van der Waals surface area contributed by atoms with Crippen LogP contribution in [-0.4, -0.2) is 39.5 Å². The summed E-state index contributed by atoms with van der Waals surface area (Å²) in [5.41, 5.74) is 0.371. The molecule has 2 heterocycles. The van der Waals surface area contributed by atoms with Crippen molar-refractivity contribution in [1.82, 2.24) is 9.88 Å². The van der Waals surface area contributed by atoms with Crippen LogP contribution in [0, 0.1) is 5.92 Å². The second-order valence-electron chi connectivity index (χ2n) is 4.91. The Hall–Kier alpha value is -1.33. The highest BCUT2D eigenvalue weighted by atomic mass is 35.5. The van der Waals surface area contributed by atoms with Crippen LogP contribution >= 0.6 is 23.2 Å². The number of carboxylic acid groups (broad SMARTS) is 1. The number of hydrogen-bond acceptors (Lipinski definition) is 3. The number of aliphatic carboxylic acids is 1. The molecule has 108 valence electrons. The summed E-state index contributed by atoms with van der Waals surface area (Å²) < 4.78 is 0. The van der Waals surface area contributed by atoms with Crippen molar-refractivity contribution in [3.05, 3.63) is 28.0 Å². The number of likely N-dealkylation sites (tertiary alicyclic amines) is 1.